The summed E-state index contributed by atoms with van der Waals surface area (Å²) in [6, 6.07) is 20.1. The number of carbonyl (C=O) groups excluding carboxylic acids is 2. The van der Waals surface area contributed by atoms with Gasteiger partial charge < -0.3 is 14.6 Å². The quantitative estimate of drug-likeness (QED) is 0.673. The third-order valence-corrected chi connectivity index (χ3v) is 5.68. The molecule has 0 bridgehead atoms. The van der Waals surface area contributed by atoms with Crippen LogP contribution in [0.25, 0.3) is 11.1 Å². The monoisotopic (exact) mass is 402 g/mol. The summed E-state index contributed by atoms with van der Waals surface area (Å²) in [5.41, 5.74) is 3.93. The van der Waals surface area contributed by atoms with Gasteiger partial charge in [0.2, 0.25) is 5.91 Å². The number of rotatable bonds is 6. The molecular weight excluding hydrogens is 376 g/mol. The zero-order chi connectivity index (χ0) is 20.8. The number of carbonyl (C=O) groups is 2. The molecule has 0 radical (unpaired) electrons. The molecule has 1 fully saturated rings. The van der Waals surface area contributed by atoms with Gasteiger partial charge in [-0.3, -0.25) is 9.59 Å². The summed E-state index contributed by atoms with van der Waals surface area (Å²) >= 11 is 0. The molecule has 154 valence electrons. The van der Waals surface area contributed by atoms with Gasteiger partial charge in [-0.1, -0.05) is 54.6 Å². The SMILES string of the molecule is O=C(Cc1ccc(-c2ccccc2)cc1)NCC1CCN(C(=O)c2ccoc2)CC1. The van der Waals surface area contributed by atoms with Crippen LogP contribution in [0.1, 0.15) is 28.8 Å². The first-order chi connectivity index (χ1) is 14.7. The first-order valence-corrected chi connectivity index (χ1v) is 10.4. The molecule has 5 nitrogen and oxygen atoms in total. The number of nitrogens with one attached hydrogen (secondary N) is 1. The fourth-order valence-electron chi connectivity index (χ4n) is 3.86. The van der Waals surface area contributed by atoms with Crippen molar-refractivity contribution >= 4 is 11.8 Å². The number of piperidine rings is 1. The van der Waals surface area contributed by atoms with E-state index in [0.29, 0.717) is 37.5 Å². The largest absolute Gasteiger partial charge is 0.472 e. The van der Waals surface area contributed by atoms with Crippen molar-refractivity contribution in [3.05, 3.63) is 84.3 Å². The highest BCUT2D eigenvalue weighted by Gasteiger charge is 2.24. The van der Waals surface area contributed by atoms with E-state index < -0.39 is 0 Å². The van der Waals surface area contributed by atoms with Crippen LogP contribution in [-0.4, -0.2) is 36.3 Å². The second-order valence-corrected chi connectivity index (χ2v) is 7.79. The van der Waals surface area contributed by atoms with Crippen molar-refractivity contribution in [1.82, 2.24) is 10.2 Å². The molecule has 1 aromatic heterocycles. The zero-order valence-corrected chi connectivity index (χ0v) is 16.9. The molecule has 2 aromatic carbocycles. The molecule has 0 unspecified atom stereocenters. The molecule has 1 aliphatic heterocycles. The molecule has 2 heterocycles. The Kier molecular flexibility index (Phi) is 6.28. The van der Waals surface area contributed by atoms with E-state index in [0.717, 1.165) is 24.0 Å². The summed E-state index contributed by atoms with van der Waals surface area (Å²) < 4.78 is 5.00. The van der Waals surface area contributed by atoms with Gasteiger partial charge in [0.25, 0.3) is 5.91 Å². The second-order valence-electron chi connectivity index (χ2n) is 7.79. The van der Waals surface area contributed by atoms with Crippen LogP contribution < -0.4 is 5.32 Å². The van der Waals surface area contributed by atoms with Crippen molar-refractivity contribution in [3.63, 3.8) is 0 Å². The van der Waals surface area contributed by atoms with E-state index in [-0.39, 0.29) is 11.8 Å². The predicted molar refractivity (Wildman–Crippen MR) is 116 cm³/mol. The Hall–Kier alpha value is -3.34. The summed E-state index contributed by atoms with van der Waals surface area (Å²) in [5.74, 6) is 0.465. The zero-order valence-electron chi connectivity index (χ0n) is 16.9. The lowest BCUT2D eigenvalue weighted by Crippen LogP contribution is -2.41. The topological polar surface area (TPSA) is 62.6 Å². The number of amides is 2. The Morgan fingerprint density at radius 2 is 1.63 bits per heavy atom. The number of likely N-dealkylation sites (tertiary alicyclic amines) is 1. The second kappa shape index (κ2) is 9.44. The molecule has 1 aliphatic rings. The van der Waals surface area contributed by atoms with E-state index in [1.165, 1.54) is 18.1 Å². The van der Waals surface area contributed by atoms with E-state index in [9.17, 15) is 9.59 Å². The van der Waals surface area contributed by atoms with Gasteiger partial charge in [-0.25, -0.2) is 0 Å². The van der Waals surface area contributed by atoms with Gasteiger partial charge in [-0.15, -0.1) is 0 Å². The third kappa shape index (κ3) is 4.98. The summed E-state index contributed by atoms with van der Waals surface area (Å²) in [6.45, 7) is 2.09. The minimum Gasteiger partial charge on any atom is -0.472 e. The van der Waals surface area contributed by atoms with Crippen LogP contribution in [0.3, 0.4) is 0 Å². The van der Waals surface area contributed by atoms with Gasteiger partial charge in [0.15, 0.2) is 0 Å². The molecule has 0 atom stereocenters. The summed E-state index contributed by atoms with van der Waals surface area (Å²) in [6.07, 6.45) is 5.18. The standard InChI is InChI=1S/C25H26N2O3/c28-24(16-19-6-8-22(9-7-19)21-4-2-1-3-5-21)26-17-20-10-13-27(14-11-20)25(29)23-12-15-30-18-23/h1-9,12,15,18,20H,10-11,13-14,16-17H2,(H,26,28). The van der Waals surface area contributed by atoms with Gasteiger partial charge in [-0.05, 0) is 41.5 Å². The van der Waals surface area contributed by atoms with Crippen molar-refractivity contribution in [2.45, 2.75) is 19.3 Å². The minimum absolute atomic E-state index is 0.0187. The molecule has 2 amide bonds. The molecule has 30 heavy (non-hydrogen) atoms. The average molecular weight is 402 g/mol. The molecular formula is C25H26N2O3. The highest BCUT2D eigenvalue weighted by molar-refractivity contribution is 5.93. The van der Waals surface area contributed by atoms with Crippen LogP contribution in [-0.2, 0) is 11.2 Å². The first kappa shape index (κ1) is 20.0. The summed E-state index contributed by atoms with van der Waals surface area (Å²) in [7, 11) is 0. The lowest BCUT2D eigenvalue weighted by Gasteiger charge is -2.31. The van der Waals surface area contributed by atoms with E-state index in [2.05, 4.69) is 29.6 Å². The highest BCUT2D eigenvalue weighted by atomic mass is 16.3. The number of nitrogens with zero attached hydrogens (tertiary/aromatic N) is 1. The highest BCUT2D eigenvalue weighted by Crippen LogP contribution is 2.20. The lowest BCUT2D eigenvalue weighted by atomic mass is 9.96. The Bertz CT molecular complexity index is 957. The maximum absolute atomic E-state index is 12.4. The fourth-order valence-corrected chi connectivity index (χ4v) is 3.86. The van der Waals surface area contributed by atoms with Crippen LogP contribution in [0.5, 0.6) is 0 Å². The summed E-state index contributed by atoms with van der Waals surface area (Å²) in [5, 5.41) is 3.06. The number of hydrogen-bond donors (Lipinski definition) is 1. The van der Waals surface area contributed by atoms with Crippen molar-refractivity contribution in [2.75, 3.05) is 19.6 Å². The summed E-state index contributed by atoms with van der Waals surface area (Å²) in [4.78, 5) is 26.6. The predicted octanol–water partition coefficient (Wildman–Crippen LogP) is 4.16. The molecule has 3 aromatic rings. The number of furan rings is 1. The van der Waals surface area contributed by atoms with Gasteiger partial charge in [0.05, 0.1) is 18.2 Å². The van der Waals surface area contributed by atoms with Gasteiger partial charge in [0.1, 0.15) is 6.26 Å². The van der Waals surface area contributed by atoms with Crippen molar-refractivity contribution < 1.29 is 14.0 Å². The van der Waals surface area contributed by atoms with Gasteiger partial charge in [0, 0.05) is 19.6 Å². The molecule has 5 heteroatoms. The minimum atomic E-state index is 0.0187. The van der Waals surface area contributed by atoms with Crippen LogP contribution in [0, 0.1) is 5.92 Å². The Morgan fingerprint density at radius 1 is 0.933 bits per heavy atom. The van der Waals surface area contributed by atoms with Gasteiger partial charge in [-0.2, -0.15) is 0 Å². The molecule has 4 rings (SSSR count). The molecule has 1 saturated heterocycles. The average Bonchev–Trinajstić information content (AvgIpc) is 3.34. The smallest absolute Gasteiger partial charge is 0.257 e. The van der Waals surface area contributed by atoms with Crippen molar-refractivity contribution in [2.24, 2.45) is 5.92 Å². The van der Waals surface area contributed by atoms with Crippen molar-refractivity contribution in [1.29, 1.82) is 0 Å². The van der Waals surface area contributed by atoms with E-state index in [1.54, 1.807) is 6.07 Å². The normalized spacial score (nSPS) is 14.5. The van der Waals surface area contributed by atoms with Crippen molar-refractivity contribution in [3.8, 4) is 11.1 Å². The van der Waals surface area contributed by atoms with Crippen LogP contribution in [0.4, 0.5) is 0 Å². The van der Waals surface area contributed by atoms with E-state index in [1.807, 2.05) is 35.2 Å². The van der Waals surface area contributed by atoms with E-state index >= 15 is 0 Å². The molecule has 0 aliphatic carbocycles. The Morgan fingerprint density at radius 3 is 2.30 bits per heavy atom. The number of hydrogen-bond acceptors (Lipinski definition) is 3. The molecule has 0 spiro atoms. The Labute approximate surface area is 176 Å². The lowest BCUT2D eigenvalue weighted by molar-refractivity contribution is -0.120. The van der Waals surface area contributed by atoms with Crippen LogP contribution in [0.15, 0.2) is 77.6 Å². The molecule has 1 N–H and O–H groups in total. The Balaban J connectivity index is 1.20. The number of benzene rings is 2. The fraction of sp³-hybridized carbons (Fsp3) is 0.280. The molecule has 0 saturated carbocycles. The maximum Gasteiger partial charge on any atom is 0.257 e. The van der Waals surface area contributed by atoms with E-state index in [4.69, 9.17) is 4.42 Å². The van der Waals surface area contributed by atoms with Gasteiger partial charge >= 0.3 is 0 Å². The first-order valence-electron chi connectivity index (χ1n) is 10.4. The maximum atomic E-state index is 12.4. The third-order valence-electron chi connectivity index (χ3n) is 5.68. The van der Waals surface area contributed by atoms with Crippen LogP contribution in [0.2, 0.25) is 0 Å². The van der Waals surface area contributed by atoms with Crippen LogP contribution >= 0.6 is 0 Å².